The summed E-state index contributed by atoms with van der Waals surface area (Å²) in [6.07, 6.45) is 5.37. The van der Waals surface area contributed by atoms with Crippen molar-refractivity contribution >= 4 is 0 Å². The molecule has 1 aromatic rings. The first-order valence-electron chi connectivity index (χ1n) is 6.05. The minimum atomic E-state index is 0.545. The van der Waals surface area contributed by atoms with Gasteiger partial charge in [0.1, 0.15) is 6.61 Å². The predicted molar refractivity (Wildman–Crippen MR) is 60.9 cm³/mol. The molecule has 0 unspecified atom stereocenters. The van der Waals surface area contributed by atoms with E-state index in [-0.39, 0.29) is 0 Å². The van der Waals surface area contributed by atoms with E-state index in [1.165, 1.54) is 25.7 Å². The molecule has 4 nitrogen and oxygen atoms in total. The Morgan fingerprint density at radius 1 is 1.56 bits per heavy atom. The molecule has 0 aromatic carbocycles. The zero-order valence-electron chi connectivity index (χ0n) is 9.87. The second-order valence-corrected chi connectivity index (χ2v) is 4.45. The lowest BCUT2D eigenvalue weighted by atomic mass is 9.83. The number of aromatic nitrogens is 1. The van der Waals surface area contributed by atoms with E-state index < -0.39 is 0 Å². The lowest BCUT2D eigenvalue weighted by molar-refractivity contribution is 0.0799. The molecule has 1 fully saturated rings. The molecule has 0 bridgehead atoms. The number of hydrogen-bond acceptors (Lipinski definition) is 4. The van der Waals surface area contributed by atoms with Crippen molar-refractivity contribution in [2.24, 2.45) is 5.92 Å². The summed E-state index contributed by atoms with van der Waals surface area (Å²) in [5, 5.41) is 6.96. The molecular weight excluding hydrogens is 204 g/mol. The highest BCUT2D eigenvalue weighted by Crippen LogP contribution is 2.29. The zero-order valence-corrected chi connectivity index (χ0v) is 9.87. The number of ether oxygens (including phenoxy) is 1. The first-order chi connectivity index (χ1) is 7.88. The Bertz CT molecular complexity index is 308. The molecule has 90 valence electrons. The molecular formula is C12H20N2O2. The molecule has 1 aliphatic rings. The molecule has 0 spiro atoms. The molecule has 16 heavy (non-hydrogen) atoms. The van der Waals surface area contributed by atoms with Gasteiger partial charge in [0.15, 0.2) is 5.76 Å². The molecule has 0 saturated heterocycles. The van der Waals surface area contributed by atoms with E-state index in [1.54, 1.807) is 0 Å². The van der Waals surface area contributed by atoms with Gasteiger partial charge in [-0.25, -0.2) is 0 Å². The van der Waals surface area contributed by atoms with E-state index in [1.807, 2.05) is 13.1 Å². The fourth-order valence-corrected chi connectivity index (χ4v) is 1.89. The lowest BCUT2D eigenvalue weighted by Crippen LogP contribution is -2.13. The van der Waals surface area contributed by atoms with Crippen molar-refractivity contribution in [1.82, 2.24) is 10.5 Å². The molecule has 0 atom stereocenters. The van der Waals surface area contributed by atoms with E-state index in [0.717, 1.165) is 30.5 Å². The highest BCUT2D eigenvalue weighted by Gasteiger charge is 2.16. The first-order valence-corrected chi connectivity index (χ1v) is 6.05. The number of hydrogen-bond donors (Lipinski definition) is 1. The van der Waals surface area contributed by atoms with E-state index in [9.17, 15) is 0 Å². The molecule has 4 heteroatoms. The average Bonchev–Trinajstić information content (AvgIpc) is 2.63. The molecule has 1 aliphatic carbocycles. The van der Waals surface area contributed by atoms with E-state index in [4.69, 9.17) is 9.26 Å². The summed E-state index contributed by atoms with van der Waals surface area (Å²) < 4.78 is 10.7. The Morgan fingerprint density at radius 2 is 2.44 bits per heavy atom. The van der Waals surface area contributed by atoms with Crippen LogP contribution in [0.15, 0.2) is 10.6 Å². The van der Waals surface area contributed by atoms with Crippen LogP contribution in [0, 0.1) is 5.92 Å². The maximum atomic E-state index is 5.56. The van der Waals surface area contributed by atoms with Gasteiger partial charge in [-0.1, -0.05) is 24.4 Å². The molecule has 0 radical (unpaired) electrons. The maximum Gasteiger partial charge on any atom is 0.162 e. The van der Waals surface area contributed by atoms with Crippen LogP contribution >= 0.6 is 0 Å². The molecule has 1 aromatic heterocycles. The normalized spacial score (nSPS) is 16.3. The van der Waals surface area contributed by atoms with Crippen molar-refractivity contribution in [3.8, 4) is 0 Å². The highest BCUT2D eigenvalue weighted by atomic mass is 16.5. The Balaban J connectivity index is 1.60. The Morgan fingerprint density at radius 3 is 3.12 bits per heavy atom. The fraction of sp³-hybridized carbons (Fsp3) is 0.750. The van der Waals surface area contributed by atoms with Gasteiger partial charge < -0.3 is 14.6 Å². The summed E-state index contributed by atoms with van der Waals surface area (Å²) in [6.45, 7) is 2.13. The summed E-state index contributed by atoms with van der Waals surface area (Å²) >= 11 is 0. The molecule has 0 amide bonds. The van der Waals surface area contributed by atoms with Crippen LogP contribution in [0.3, 0.4) is 0 Å². The minimum absolute atomic E-state index is 0.545. The topological polar surface area (TPSA) is 47.3 Å². The lowest BCUT2D eigenvalue weighted by Gasteiger charge is -2.24. The second-order valence-electron chi connectivity index (χ2n) is 4.45. The van der Waals surface area contributed by atoms with Crippen molar-refractivity contribution in [2.75, 3.05) is 13.7 Å². The predicted octanol–water partition coefficient (Wildman–Crippen LogP) is 2.10. The summed E-state index contributed by atoms with van der Waals surface area (Å²) in [5.74, 6) is 1.73. The standard InChI is InChI=1S/C12H20N2O2/c1-13-8-11-7-12(16-14-11)9-15-6-5-10-3-2-4-10/h7,10,13H,2-6,8-9H2,1H3. The third kappa shape index (κ3) is 3.32. The van der Waals surface area contributed by atoms with Crippen LogP contribution < -0.4 is 5.32 Å². The van der Waals surface area contributed by atoms with Gasteiger partial charge in [-0.2, -0.15) is 0 Å². The van der Waals surface area contributed by atoms with Crippen molar-refractivity contribution in [3.63, 3.8) is 0 Å². The van der Waals surface area contributed by atoms with E-state index in [2.05, 4.69) is 10.5 Å². The van der Waals surface area contributed by atoms with Crippen molar-refractivity contribution < 1.29 is 9.26 Å². The summed E-state index contributed by atoms with van der Waals surface area (Å²) in [5.41, 5.74) is 0.931. The number of rotatable bonds is 7. The van der Waals surface area contributed by atoms with E-state index in [0.29, 0.717) is 6.61 Å². The van der Waals surface area contributed by atoms with Gasteiger partial charge in [-0.05, 0) is 19.4 Å². The third-order valence-corrected chi connectivity index (χ3v) is 3.11. The van der Waals surface area contributed by atoms with Crippen LogP contribution in [0.1, 0.15) is 37.1 Å². The van der Waals surface area contributed by atoms with E-state index >= 15 is 0 Å². The zero-order chi connectivity index (χ0) is 11.2. The maximum absolute atomic E-state index is 5.56. The Kier molecular flexibility index (Phi) is 4.36. The molecule has 2 rings (SSSR count). The number of nitrogens with zero attached hydrogens (tertiary/aromatic N) is 1. The van der Waals surface area contributed by atoms with Gasteiger partial charge in [-0.15, -0.1) is 0 Å². The summed E-state index contributed by atoms with van der Waals surface area (Å²) in [7, 11) is 1.89. The fourth-order valence-electron chi connectivity index (χ4n) is 1.89. The van der Waals surface area contributed by atoms with Crippen LogP contribution in [-0.2, 0) is 17.9 Å². The largest absolute Gasteiger partial charge is 0.373 e. The molecule has 0 aliphatic heterocycles. The average molecular weight is 224 g/mol. The van der Waals surface area contributed by atoms with Gasteiger partial charge in [0.25, 0.3) is 0 Å². The van der Waals surface area contributed by atoms with Crippen molar-refractivity contribution in [2.45, 2.75) is 38.8 Å². The molecule has 1 heterocycles. The van der Waals surface area contributed by atoms with Gasteiger partial charge in [0, 0.05) is 19.2 Å². The van der Waals surface area contributed by atoms with Gasteiger partial charge in [-0.3, -0.25) is 0 Å². The van der Waals surface area contributed by atoms with Crippen LogP contribution in [0.5, 0.6) is 0 Å². The third-order valence-electron chi connectivity index (χ3n) is 3.11. The number of nitrogens with one attached hydrogen (secondary N) is 1. The van der Waals surface area contributed by atoms with Crippen LogP contribution in [0.25, 0.3) is 0 Å². The smallest absolute Gasteiger partial charge is 0.162 e. The van der Waals surface area contributed by atoms with Crippen LogP contribution in [0.4, 0.5) is 0 Å². The first kappa shape index (κ1) is 11.6. The monoisotopic (exact) mass is 224 g/mol. The van der Waals surface area contributed by atoms with Crippen molar-refractivity contribution in [3.05, 3.63) is 17.5 Å². The van der Waals surface area contributed by atoms with Crippen LogP contribution in [0.2, 0.25) is 0 Å². The van der Waals surface area contributed by atoms with Gasteiger partial charge >= 0.3 is 0 Å². The minimum Gasteiger partial charge on any atom is -0.373 e. The molecule has 1 saturated carbocycles. The quantitative estimate of drug-likeness (QED) is 0.720. The molecule has 1 N–H and O–H groups in total. The van der Waals surface area contributed by atoms with Gasteiger partial charge in [0.2, 0.25) is 0 Å². The SMILES string of the molecule is CNCc1cc(COCCC2CCC2)on1. The van der Waals surface area contributed by atoms with Crippen molar-refractivity contribution in [1.29, 1.82) is 0 Å². The van der Waals surface area contributed by atoms with Crippen LogP contribution in [-0.4, -0.2) is 18.8 Å². The second kappa shape index (κ2) is 6.01. The summed E-state index contributed by atoms with van der Waals surface area (Å²) in [6, 6.07) is 1.94. The van der Waals surface area contributed by atoms with Gasteiger partial charge in [0.05, 0.1) is 5.69 Å². The highest BCUT2D eigenvalue weighted by molar-refractivity contribution is 5.03. The Labute approximate surface area is 96.3 Å². The Hall–Kier alpha value is -0.870. The summed E-state index contributed by atoms with van der Waals surface area (Å²) in [4.78, 5) is 0.